The lowest BCUT2D eigenvalue weighted by atomic mass is 10.1. The molecule has 3 rings (SSSR count). The second-order valence-electron chi connectivity index (χ2n) is 7.27. The Bertz CT molecular complexity index is 1070. The fourth-order valence-corrected chi connectivity index (χ4v) is 3.15. The monoisotopic (exact) mass is 415 g/mol. The molecule has 0 radical (unpaired) electrons. The fraction of sp³-hybridized carbons (Fsp3) is 0.160. The van der Waals surface area contributed by atoms with Gasteiger partial charge in [-0.1, -0.05) is 48.0 Å². The molecule has 2 amide bonds. The highest BCUT2D eigenvalue weighted by Crippen LogP contribution is 2.21. The third-order valence-electron chi connectivity index (χ3n) is 4.63. The van der Waals surface area contributed by atoms with Crippen LogP contribution >= 0.6 is 0 Å². The largest absolute Gasteiger partial charge is 0.489 e. The summed E-state index contributed by atoms with van der Waals surface area (Å²) in [6.45, 7) is 6.24. The van der Waals surface area contributed by atoms with Crippen molar-refractivity contribution >= 4 is 23.7 Å². The lowest BCUT2D eigenvalue weighted by Gasteiger charge is -2.12. The minimum atomic E-state index is -0.835. The highest BCUT2D eigenvalue weighted by atomic mass is 16.5. The van der Waals surface area contributed by atoms with Gasteiger partial charge in [-0.15, -0.1) is 0 Å². The quantitative estimate of drug-likeness (QED) is 0.358. The molecule has 0 aliphatic carbocycles. The highest BCUT2D eigenvalue weighted by molar-refractivity contribution is 6.39. The SMILES string of the molecule is Cc1cc(C)c(NC(=O)C(=O)N/N=C\c2ccc(OCc3ccccc3)cc2)c(C)c1. The first-order valence-electron chi connectivity index (χ1n) is 9.91. The van der Waals surface area contributed by atoms with Crippen LogP contribution in [-0.4, -0.2) is 18.0 Å². The van der Waals surface area contributed by atoms with E-state index in [9.17, 15) is 9.59 Å². The Morgan fingerprint density at radius 1 is 0.903 bits per heavy atom. The van der Waals surface area contributed by atoms with Crippen LogP contribution in [0.3, 0.4) is 0 Å². The summed E-state index contributed by atoms with van der Waals surface area (Å²) in [5, 5.41) is 6.51. The molecule has 0 saturated heterocycles. The molecule has 0 bridgehead atoms. The summed E-state index contributed by atoms with van der Waals surface area (Å²) >= 11 is 0. The molecule has 3 aromatic rings. The van der Waals surface area contributed by atoms with Crippen molar-refractivity contribution < 1.29 is 14.3 Å². The third kappa shape index (κ3) is 6.27. The van der Waals surface area contributed by atoms with Crippen LogP contribution in [0.2, 0.25) is 0 Å². The lowest BCUT2D eigenvalue weighted by Crippen LogP contribution is -2.32. The van der Waals surface area contributed by atoms with E-state index in [1.807, 2.05) is 87.5 Å². The number of aryl methyl sites for hydroxylation is 3. The second-order valence-corrected chi connectivity index (χ2v) is 7.27. The van der Waals surface area contributed by atoms with E-state index in [4.69, 9.17) is 4.74 Å². The summed E-state index contributed by atoms with van der Waals surface area (Å²) in [6.07, 6.45) is 1.47. The molecule has 0 unspecified atom stereocenters. The van der Waals surface area contributed by atoms with E-state index in [-0.39, 0.29) is 0 Å². The summed E-state index contributed by atoms with van der Waals surface area (Å²) < 4.78 is 5.74. The van der Waals surface area contributed by atoms with Gasteiger partial charge in [0.25, 0.3) is 0 Å². The van der Waals surface area contributed by atoms with Crippen LogP contribution in [-0.2, 0) is 16.2 Å². The van der Waals surface area contributed by atoms with Gasteiger partial charge in [-0.25, -0.2) is 5.43 Å². The van der Waals surface area contributed by atoms with Crippen LogP contribution < -0.4 is 15.5 Å². The number of rotatable bonds is 6. The van der Waals surface area contributed by atoms with Crippen molar-refractivity contribution in [3.8, 4) is 5.75 Å². The van der Waals surface area contributed by atoms with Crippen molar-refractivity contribution in [1.29, 1.82) is 0 Å². The van der Waals surface area contributed by atoms with E-state index in [1.54, 1.807) is 0 Å². The van der Waals surface area contributed by atoms with E-state index in [1.165, 1.54) is 6.21 Å². The molecule has 2 N–H and O–H groups in total. The van der Waals surface area contributed by atoms with Gasteiger partial charge in [-0.2, -0.15) is 5.10 Å². The van der Waals surface area contributed by atoms with Gasteiger partial charge >= 0.3 is 11.8 Å². The standard InChI is InChI=1S/C25H25N3O3/c1-17-13-18(2)23(19(3)14-17)27-24(29)25(30)28-26-15-20-9-11-22(12-10-20)31-16-21-7-5-4-6-8-21/h4-15H,16H2,1-3H3,(H,27,29)(H,28,30)/b26-15-. The Morgan fingerprint density at radius 3 is 2.19 bits per heavy atom. The smallest absolute Gasteiger partial charge is 0.329 e. The zero-order chi connectivity index (χ0) is 22.2. The molecular weight excluding hydrogens is 390 g/mol. The first kappa shape index (κ1) is 21.8. The average molecular weight is 415 g/mol. The second kappa shape index (κ2) is 10.2. The molecule has 158 valence electrons. The highest BCUT2D eigenvalue weighted by Gasteiger charge is 2.15. The molecule has 0 spiro atoms. The van der Waals surface area contributed by atoms with Gasteiger partial charge < -0.3 is 10.1 Å². The van der Waals surface area contributed by atoms with Crippen LogP contribution in [0.25, 0.3) is 0 Å². The summed E-state index contributed by atoms with van der Waals surface area (Å²) in [6, 6.07) is 21.1. The van der Waals surface area contributed by atoms with Gasteiger partial charge in [0.15, 0.2) is 0 Å². The number of nitrogens with one attached hydrogen (secondary N) is 2. The number of carbonyl (C=O) groups excluding carboxylic acids is 2. The zero-order valence-corrected chi connectivity index (χ0v) is 17.8. The molecular formula is C25H25N3O3. The lowest BCUT2D eigenvalue weighted by molar-refractivity contribution is -0.136. The molecule has 0 aliphatic heterocycles. The first-order chi connectivity index (χ1) is 14.9. The van der Waals surface area contributed by atoms with Crippen molar-refractivity contribution in [2.75, 3.05) is 5.32 Å². The Morgan fingerprint density at radius 2 is 1.55 bits per heavy atom. The Kier molecular flexibility index (Phi) is 7.17. The number of carbonyl (C=O) groups is 2. The van der Waals surface area contributed by atoms with Crippen molar-refractivity contribution in [3.63, 3.8) is 0 Å². The number of nitrogens with zero attached hydrogens (tertiary/aromatic N) is 1. The molecule has 0 saturated carbocycles. The Hall–Kier alpha value is -3.93. The summed E-state index contributed by atoms with van der Waals surface area (Å²) in [7, 11) is 0. The maximum atomic E-state index is 12.2. The maximum absolute atomic E-state index is 12.2. The summed E-state index contributed by atoms with van der Waals surface area (Å²) in [5.41, 5.74) is 7.64. The zero-order valence-electron chi connectivity index (χ0n) is 17.8. The van der Waals surface area contributed by atoms with E-state index in [2.05, 4.69) is 15.8 Å². The minimum Gasteiger partial charge on any atom is -0.489 e. The minimum absolute atomic E-state index is 0.485. The number of hydrazone groups is 1. The van der Waals surface area contributed by atoms with Gasteiger partial charge in [-0.05, 0) is 67.3 Å². The molecule has 0 fully saturated rings. The van der Waals surface area contributed by atoms with E-state index >= 15 is 0 Å². The summed E-state index contributed by atoms with van der Waals surface area (Å²) in [4.78, 5) is 24.2. The number of benzene rings is 3. The maximum Gasteiger partial charge on any atom is 0.329 e. The van der Waals surface area contributed by atoms with Crippen molar-refractivity contribution in [3.05, 3.63) is 94.5 Å². The summed E-state index contributed by atoms with van der Waals surface area (Å²) in [5.74, 6) is -0.872. The number of hydrogen-bond acceptors (Lipinski definition) is 4. The van der Waals surface area contributed by atoms with Gasteiger partial charge in [0.05, 0.1) is 6.21 Å². The molecule has 6 heteroatoms. The van der Waals surface area contributed by atoms with Gasteiger partial charge in [0.1, 0.15) is 12.4 Å². The average Bonchev–Trinajstić information content (AvgIpc) is 2.76. The molecule has 6 nitrogen and oxygen atoms in total. The van der Waals surface area contributed by atoms with Crippen molar-refractivity contribution in [1.82, 2.24) is 5.43 Å². The topological polar surface area (TPSA) is 79.8 Å². The van der Waals surface area contributed by atoms with Crippen LogP contribution in [0.15, 0.2) is 71.8 Å². The molecule has 3 aromatic carbocycles. The normalized spacial score (nSPS) is 10.7. The third-order valence-corrected chi connectivity index (χ3v) is 4.63. The number of ether oxygens (including phenoxy) is 1. The Balaban J connectivity index is 1.50. The van der Waals surface area contributed by atoms with Gasteiger partial charge in [-0.3, -0.25) is 9.59 Å². The first-order valence-corrected chi connectivity index (χ1v) is 9.91. The van der Waals surface area contributed by atoms with E-state index in [0.717, 1.165) is 33.6 Å². The van der Waals surface area contributed by atoms with Crippen LogP contribution in [0.1, 0.15) is 27.8 Å². The predicted molar refractivity (Wildman–Crippen MR) is 122 cm³/mol. The number of amides is 2. The molecule has 0 aromatic heterocycles. The molecule has 0 atom stereocenters. The molecule has 0 heterocycles. The van der Waals surface area contributed by atoms with Crippen molar-refractivity contribution in [2.45, 2.75) is 27.4 Å². The predicted octanol–water partition coefficient (Wildman–Crippen LogP) is 4.28. The van der Waals surface area contributed by atoms with Crippen LogP contribution in [0, 0.1) is 20.8 Å². The van der Waals surface area contributed by atoms with E-state index in [0.29, 0.717) is 12.3 Å². The van der Waals surface area contributed by atoms with E-state index < -0.39 is 11.8 Å². The van der Waals surface area contributed by atoms with Gasteiger partial charge in [0.2, 0.25) is 0 Å². The fourth-order valence-electron chi connectivity index (χ4n) is 3.15. The van der Waals surface area contributed by atoms with Crippen LogP contribution in [0.4, 0.5) is 5.69 Å². The number of hydrogen-bond donors (Lipinski definition) is 2. The van der Waals surface area contributed by atoms with Crippen LogP contribution in [0.5, 0.6) is 5.75 Å². The van der Waals surface area contributed by atoms with Gasteiger partial charge in [0, 0.05) is 5.69 Å². The Labute approximate surface area is 182 Å². The van der Waals surface area contributed by atoms with Crippen molar-refractivity contribution in [2.24, 2.45) is 5.10 Å². The molecule has 0 aliphatic rings. The number of anilines is 1. The molecule has 31 heavy (non-hydrogen) atoms.